The fourth-order valence-electron chi connectivity index (χ4n) is 1.62. The molecule has 0 bridgehead atoms. The quantitative estimate of drug-likeness (QED) is 0.555. The van der Waals surface area contributed by atoms with Gasteiger partial charge in [-0.2, -0.15) is 0 Å². The van der Waals surface area contributed by atoms with Gasteiger partial charge in [-0.3, -0.25) is 0 Å². The fourth-order valence-corrected chi connectivity index (χ4v) is 2.66. The Morgan fingerprint density at radius 3 is 2.50 bits per heavy atom. The third-order valence-electron chi connectivity index (χ3n) is 2.56. The predicted molar refractivity (Wildman–Crippen MR) is 80.3 cm³/mol. The first-order valence-corrected chi connectivity index (χ1v) is 8.20. The number of rotatable bonds is 10. The number of nitrogens with one attached hydrogen (secondary N) is 2. The summed E-state index contributed by atoms with van der Waals surface area (Å²) in [6.07, 6.45) is 0.872. The van der Waals surface area contributed by atoms with E-state index in [9.17, 15) is 8.42 Å². The van der Waals surface area contributed by atoms with E-state index in [0.29, 0.717) is 26.3 Å². The molecule has 0 radical (unpaired) electrons. The number of ether oxygens (including phenoxy) is 1. The molecule has 0 atom stereocenters. The van der Waals surface area contributed by atoms with Gasteiger partial charge in [0.15, 0.2) is 0 Å². The first-order chi connectivity index (χ1) is 9.60. The lowest BCUT2D eigenvalue weighted by molar-refractivity contribution is 0.141. The molecule has 0 heterocycles. The van der Waals surface area contributed by atoms with Gasteiger partial charge < -0.3 is 15.8 Å². The second-order valence-corrected chi connectivity index (χ2v) is 5.97. The molecule has 0 spiro atoms. The van der Waals surface area contributed by atoms with Crippen molar-refractivity contribution in [2.45, 2.75) is 18.2 Å². The minimum absolute atomic E-state index is 0.274. The van der Waals surface area contributed by atoms with Gasteiger partial charge in [0.2, 0.25) is 10.0 Å². The van der Waals surface area contributed by atoms with E-state index in [4.69, 9.17) is 10.5 Å². The van der Waals surface area contributed by atoms with Gasteiger partial charge >= 0.3 is 0 Å². The lowest BCUT2D eigenvalue weighted by Crippen LogP contribution is -2.23. The number of anilines is 1. The van der Waals surface area contributed by atoms with Crippen molar-refractivity contribution in [1.82, 2.24) is 4.72 Å². The van der Waals surface area contributed by atoms with Gasteiger partial charge in [-0.05, 0) is 30.7 Å². The van der Waals surface area contributed by atoms with Crippen LogP contribution in [0.1, 0.15) is 13.3 Å². The zero-order chi connectivity index (χ0) is 14.8. The van der Waals surface area contributed by atoms with Crippen molar-refractivity contribution >= 4 is 15.7 Å². The molecule has 0 aliphatic carbocycles. The lowest BCUT2D eigenvalue weighted by Gasteiger charge is -2.08. The molecule has 0 fully saturated rings. The van der Waals surface area contributed by atoms with Crippen molar-refractivity contribution < 1.29 is 13.2 Å². The van der Waals surface area contributed by atoms with Crippen LogP contribution in [0.25, 0.3) is 0 Å². The molecule has 0 amide bonds. The molecule has 6 nitrogen and oxygen atoms in total. The summed E-state index contributed by atoms with van der Waals surface area (Å²) in [5.41, 5.74) is 6.20. The average Bonchev–Trinajstić information content (AvgIpc) is 2.43. The molecule has 0 aliphatic rings. The number of benzene rings is 1. The zero-order valence-corrected chi connectivity index (χ0v) is 12.6. The Labute approximate surface area is 120 Å². The van der Waals surface area contributed by atoms with Crippen molar-refractivity contribution in [3.63, 3.8) is 0 Å². The van der Waals surface area contributed by atoms with Crippen molar-refractivity contribution in [3.8, 4) is 0 Å². The van der Waals surface area contributed by atoms with Crippen LogP contribution in [0.2, 0.25) is 0 Å². The highest BCUT2D eigenvalue weighted by Crippen LogP contribution is 2.13. The maximum absolute atomic E-state index is 11.7. The van der Waals surface area contributed by atoms with E-state index in [1.165, 1.54) is 0 Å². The minimum Gasteiger partial charge on any atom is -0.385 e. The van der Waals surface area contributed by atoms with Gasteiger partial charge in [0, 0.05) is 31.9 Å². The molecule has 1 aromatic rings. The Hall–Kier alpha value is -1.15. The van der Waals surface area contributed by atoms with E-state index in [-0.39, 0.29) is 4.90 Å². The Morgan fingerprint density at radius 1 is 1.20 bits per heavy atom. The fraction of sp³-hybridized carbons (Fsp3) is 0.538. The Bertz CT molecular complexity index is 474. The van der Waals surface area contributed by atoms with Gasteiger partial charge in [0.1, 0.15) is 0 Å². The van der Waals surface area contributed by atoms with E-state index in [1.54, 1.807) is 31.2 Å². The summed E-state index contributed by atoms with van der Waals surface area (Å²) in [4.78, 5) is 0.274. The van der Waals surface area contributed by atoms with Crippen molar-refractivity contribution in [1.29, 1.82) is 0 Å². The zero-order valence-electron chi connectivity index (χ0n) is 11.8. The number of hydrogen-bond donors (Lipinski definition) is 3. The van der Waals surface area contributed by atoms with Crippen LogP contribution in [0.5, 0.6) is 0 Å². The number of nitrogens with two attached hydrogens (primary N) is 1. The van der Waals surface area contributed by atoms with Gasteiger partial charge in [0.05, 0.1) is 11.5 Å². The van der Waals surface area contributed by atoms with E-state index < -0.39 is 10.0 Å². The smallest absolute Gasteiger partial charge is 0.240 e. The van der Waals surface area contributed by atoms with Crippen molar-refractivity contribution in [2.24, 2.45) is 5.73 Å². The van der Waals surface area contributed by atoms with Crippen LogP contribution >= 0.6 is 0 Å². The number of hydrogen-bond acceptors (Lipinski definition) is 5. The van der Waals surface area contributed by atoms with E-state index in [2.05, 4.69) is 10.0 Å². The highest BCUT2D eigenvalue weighted by molar-refractivity contribution is 7.89. The SMILES string of the molecule is CCNS(=O)(=O)c1ccc(NCCCOCCN)cc1. The maximum Gasteiger partial charge on any atom is 0.240 e. The molecule has 0 saturated heterocycles. The normalized spacial score (nSPS) is 11.5. The first-order valence-electron chi connectivity index (χ1n) is 6.71. The van der Waals surface area contributed by atoms with Crippen LogP contribution in [0.4, 0.5) is 5.69 Å². The third kappa shape index (κ3) is 5.87. The third-order valence-corrected chi connectivity index (χ3v) is 4.12. The molecule has 114 valence electrons. The molecule has 7 heteroatoms. The molecule has 0 aliphatic heterocycles. The Morgan fingerprint density at radius 2 is 1.90 bits per heavy atom. The van der Waals surface area contributed by atoms with Gasteiger partial charge in [-0.15, -0.1) is 0 Å². The maximum atomic E-state index is 11.7. The summed E-state index contributed by atoms with van der Waals surface area (Å²) in [6, 6.07) is 6.69. The summed E-state index contributed by atoms with van der Waals surface area (Å²) in [7, 11) is -3.37. The van der Waals surface area contributed by atoms with Crippen molar-refractivity contribution in [3.05, 3.63) is 24.3 Å². The second-order valence-electron chi connectivity index (χ2n) is 4.21. The summed E-state index contributed by atoms with van der Waals surface area (Å²) in [5, 5.41) is 3.21. The van der Waals surface area contributed by atoms with Crippen LogP contribution in [-0.2, 0) is 14.8 Å². The first kappa shape index (κ1) is 16.9. The van der Waals surface area contributed by atoms with Crippen molar-refractivity contribution in [2.75, 3.05) is 38.2 Å². The minimum atomic E-state index is -3.37. The molecular formula is C13H23N3O3S. The van der Waals surface area contributed by atoms with Crippen LogP contribution < -0.4 is 15.8 Å². The highest BCUT2D eigenvalue weighted by atomic mass is 32.2. The van der Waals surface area contributed by atoms with Crippen LogP contribution in [-0.4, -0.2) is 41.3 Å². The molecule has 20 heavy (non-hydrogen) atoms. The molecule has 1 aromatic carbocycles. The van der Waals surface area contributed by atoms with Crippen LogP contribution in [0.15, 0.2) is 29.2 Å². The predicted octanol–water partition coefficient (Wildman–Crippen LogP) is 0.762. The molecule has 0 saturated carbocycles. The molecule has 0 unspecified atom stereocenters. The summed E-state index contributed by atoms with van der Waals surface area (Å²) in [6.45, 7) is 4.68. The second kappa shape index (κ2) is 8.91. The number of sulfonamides is 1. The van der Waals surface area contributed by atoms with Gasteiger partial charge in [-0.1, -0.05) is 6.92 Å². The highest BCUT2D eigenvalue weighted by Gasteiger charge is 2.11. The van der Waals surface area contributed by atoms with E-state index >= 15 is 0 Å². The summed E-state index contributed by atoms with van der Waals surface area (Å²) >= 11 is 0. The summed E-state index contributed by atoms with van der Waals surface area (Å²) in [5.74, 6) is 0. The Balaban J connectivity index is 2.39. The van der Waals surface area contributed by atoms with E-state index in [0.717, 1.165) is 18.7 Å². The monoisotopic (exact) mass is 301 g/mol. The van der Waals surface area contributed by atoms with E-state index in [1.807, 2.05) is 0 Å². The topological polar surface area (TPSA) is 93.5 Å². The average molecular weight is 301 g/mol. The molecule has 4 N–H and O–H groups in total. The summed E-state index contributed by atoms with van der Waals surface area (Å²) < 4.78 is 31.2. The Kier molecular flexibility index (Phi) is 7.53. The van der Waals surface area contributed by atoms with Crippen LogP contribution in [0.3, 0.4) is 0 Å². The van der Waals surface area contributed by atoms with Gasteiger partial charge in [-0.25, -0.2) is 13.1 Å². The molecular weight excluding hydrogens is 278 g/mol. The lowest BCUT2D eigenvalue weighted by atomic mass is 10.3. The largest absolute Gasteiger partial charge is 0.385 e. The molecule has 1 rings (SSSR count). The molecule has 0 aromatic heterocycles. The standard InChI is InChI=1S/C13H23N3O3S/c1-2-16-20(17,18)13-6-4-12(5-7-13)15-9-3-10-19-11-8-14/h4-7,15-16H,2-3,8-11,14H2,1H3. The van der Waals surface area contributed by atoms with Crippen LogP contribution in [0, 0.1) is 0 Å². The van der Waals surface area contributed by atoms with Gasteiger partial charge in [0.25, 0.3) is 0 Å².